The second-order valence-electron chi connectivity index (χ2n) is 4.99. The summed E-state index contributed by atoms with van der Waals surface area (Å²) in [7, 11) is 0. The summed E-state index contributed by atoms with van der Waals surface area (Å²) in [6.07, 6.45) is 0.457. The van der Waals surface area contributed by atoms with Crippen molar-refractivity contribution in [3.05, 3.63) is 36.3 Å². The summed E-state index contributed by atoms with van der Waals surface area (Å²) in [6, 6.07) is 4.42. The molecule has 5 nitrogen and oxygen atoms in total. The van der Waals surface area contributed by atoms with Crippen LogP contribution in [0.4, 0.5) is 30.6 Å². The van der Waals surface area contributed by atoms with E-state index < -0.39 is 11.9 Å². The lowest BCUT2D eigenvalue weighted by molar-refractivity contribution is -0.141. The Balaban J connectivity index is 1.73. The van der Waals surface area contributed by atoms with Crippen molar-refractivity contribution in [3.63, 3.8) is 0 Å². The van der Waals surface area contributed by atoms with Crippen molar-refractivity contribution in [1.29, 1.82) is 0 Å². The van der Waals surface area contributed by atoms with Crippen LogP contribution in [-0.4, -0.2) is 28.0 Å². The summed E-state index contributed by atoms with van der Waals surface area (Å²) in [4.78, 5) is 13.7. The Morgan fingerprint density at radius 2 is 1.82 bits per heavy atom. The molecule has 8 heteroatoms. The van der Waals surface area contributed by atoms with E-state index in [4.69, 9.17) is 0 Å². The maximum absolute atomic E-state index is 12.6. The number of halogens is 3. The Morgan fingerprint density at radius 1 is 1.05 bits per heavy atom. The third-order valence-corrected chi connectivity index (χ3v) is 3.38. The lowest BCUT2D eigenvalue weighted by Crippen LogP contribution is -2.18. The maximum atomic E-state index is 12.6. The van der Waals surface area contributed by atoms with Crippen molar-refractivity contribution in [2.45, 2.75) is 19.0 Å². The van der Waals surface area contributed by atoms with Gasteiger partial charge in [0.05, 0.1) is 11.9 Å². The van der Waals surface area contributed by atoms with Gasteiger partial charge in [-0.05, 0) is 31.0 Å². The Bertz CT molecular complexity index is 636. The Kier molecular flexibility index (Phi) is 3.82. The van der Waals surface area contributed by atoms with E-state index in [0.717, 1.165) is 44.0 Å². The first kappa shape index (κ1) is 14.6. The van der Waals surface area contributed by atoms with Crippen LogP contribution in [0.1, 0.15) is 18.5 Å². The van der Waals surface area contributed by atoms with Crippen LogP contribution in [-0.2, 0) is 6.18 Å². The molecule has 0 radical (unpaired) electrons. The van der Waals surface area contributed by atoms with Gasteiger partial charge in [-0.1, -0.05) is 0 Å². The quantitative estimate of drug-likeness (QED) is 0.943. The standard InChI is InChI=1S/C14H14F3N5/c15-14(16,17)11-5-6-18-13(21-11)20-10-3-4-12(19-9-10)22-7-1-2-8-22/h3-6,9H,1-2,7-8H2,(H,18,20,21). The van der Waals surface area contributed by atoms with Gasteiger partial charge in [0.15, 0.2) is 0 Å². The van der Waals surface area contributed by atoms with Crippen molar-refractivity contribution in [2.75, 3.05) is 23.3 Å². The van der Waals surface area contributed by atoms with Crippen molar-refractivity contribution in [2.24, 2.45) is 0 Å². The first-order valence-corrected chi connectivity index (χ1v) is 6.91. The third-order valence-electron chi connectivity index (χ3n) is 3.38. The smallest absolute Gasteiger partial charge is 0.357 e. The minimum Gasteiger partial charge on any atom is -0.357 e. The Morgan fingerprint density at radius 3 is 2.45 bits per heavy atom. The number of nitrogens with one attached hydrogen (secondary N) is 1. The van der Waals surface area contributed by atoms with Crippen LogP contribution in [0.25, 0.3) is 0 Å². The summed E-state index contributed by atoms with van der Waals surface area (Å²) in [6.45, 7) is 1.97. The number of aromatic nitrogens is 3. The number of pyridine rings is 1. The normalized spacial score (nSPS) is 15.1. The van der Waals surface area contributed by atoms with E-state index in [1.54, 1.807) is 12.3 Å². The van der Waals surface area contributed by atoms with Gasteiger partial charge in [0.25, 0.3) is 0 Å². The second kappa shape index (κ2) is 5.78. The zero-order valence-electron chi connectivity index (χ0n) is 11.6. The van der Waals surface area contributed by atoms with Gasteiger partial charge < -0.3 is 10.2 Å². The van der Waals surface area contributed by atoms with Gasteiger partial charge in [-0.25, -0.2) is 15.0 Å². The van der Waals surface area contributed by atoms with Crippen LogP contribution >= 0.6 is 0 Å². The summed E-state index contributed by atoms with van der Waals surface area (Å²) >= 11 is 0. The van der Waals surface area contributed by atoms with Crippen LogP contribution in [0.5, 0.6) is 0 Å². The Hall–Kier alpha value is -2.38. The van der Waals surface area contributed by atoms with Crippen molar-refractivity contribution in [3.8, 4) is 0 Å². The Labute approximate surface area is 125 Å². The minimum absolute atomic E-state index is 0.106. The van der Waals surface area contributed by atoms with E-state index in [-0.39, 0.29) is 5.95 Å². The van der Waals surface area contributed by atoms with Gasteiger partial charge in [0, 0.05) is 19.3 Å². The van der Waals surface area contributed by atoms with Gasteiger partial charge in [-0.3, -0.25) is 0 Å². The van der Waals surface area contributed by atoms with Crippen LogP contribution < -0.4 is 10.2 Å². The maximum Gasteiger partial charge on any atom is 0.433 e. The van der Waals surface area contributed by atoms with Crippen molar-refractivity contribution < 1.29 is 13.2 Å². The lowest BCUT2D eigenvalue weighted by atomic mass is 10.4. The predicted molar refractivity (Wildman–Crippen MR) is 76.0 cm³/mol. The molecule has 3 heterocycles. The minimum atomic E-state index is -4.49. The van der Waals surface area contributed by atoms with E-state index in [2.05, 4.69) is 25.2 Å². The molecule has 1 aliphatic heterocycles. The molecule has 22 heavy (non-hydrogen) atoms. The molecule has 0 aliphatic carbocycles. The molecule has 0 spiro atoms. The van der Waals surface area contributed by atoms with E-state index >= 15 is 0 Å². The molecule has 3 rings (SSSR count). The molecule has 0 aromatic carbocycles. The number of alkyl halides is 3. The van der Waals surface area contributed by atoms with Crippen LogP contribution in [0.2, 0.25) is 0 Å². The first-order valence-electron chi connectivity index (χ1n) is 6.91. The molecule has 116 valence electrons. The molecule has 1 aliphatic rings. The molecule has 0 bridgehead atoms. The van der Waals surface area contributed by atoms with E-state index in [1.165, 1.54) is 0 Å². The summed E-state index contributed by atoms with van der Waals surface area (Å²) < 4.78 is 37.8. The third kappa shape index (κ3) is 3.26. The largest absolute Gasteiger partial charge is 0.433 e. The van der Waals surface area contributed by atoms with Crippen LogP contribution in [0, 0.1) is 0 Å². The van der Waals surface area contributed by atoms with Crippen LogP contribution in [0.15, 0.2) is 30.6 Å². The summed E-state index contributed by atoms with van der Waals surface area (Å²) in [5.74, 6) is 0.763. The van der Waals surface area contributed by atoms with E-state index in [9.17, 15) is 13.2 Å². The fourth-order valence-electron chi connectivity index (χ4n) is 2.30. The highest BCUT2D eigenvalue weighted by molar-refractivity contribution is 5.55. The molecule has 1 saturated heterocycles. The second-order valence-corrected chi connectivity index (χ2v) is 4.99. The van der Waals surface area contributed by atoms with Crippen molar-refractivity contribution >= 4 is 17.5 Å². The number of rotatable bonds is 3. The average Bonchev–Trinajstić information content (AvgIpc) is 3.02. The molecule has 2 aromatic rings. The van der Waals surface area contributed by atoms with E-state index in [0.29, 0.717) is 5.69 Å². The highest BCUT2D eigenvalue weighted by Gasteiger charge is 2.32. The monoisotopic (exact) mass is 309 g/mol. The molecule has 0 unspecified atom stereocenters. The van der Waals surface area contributed by atoms with Gasteiger partial charge in [-0.2, -0.15) is 13.2 Å². The van der Waals surface area contributed by atoms with E-state index in [1.807, 2.05) is 6.07 Å². The van der Waals surface area contributed by atoms with Gasteiger partial charge in [0.1, 0.15) is 11.5 Å². The first-order chi connectivity index (χ1) is 10.5. The molecular weight excluding hydrogens is 295 g/mol. The fraction of sp³-hybridized carbons (Fsp3) is 0.357. The van der Waals surface area contributed by atoms with Gasteiger partial charge >= 0.3 is 6.18 Å². The molecule has 1 N–H and O–H groups in total. The number of anilines is 3. The topological polar surface area (TPSA) is 53.9 Å². The average molecular weight is 309 g/mol. The van der Waals surface area contributed by atoms with Gasteiger partial charge in [-0.15, -0.1) is 0 Å². The predicted octanol–water partition coefficient (Wildman–Crippen LogP) is 3.23. The number of nitrogens with zero attached hydrogens (tertiary/aromatic N) is 4. The summed E-state index contributed by atoms with van der Waals surface area (Å²) in [5.41, 5.74) is -0.436. The SMILES string of the molecule is FC(F)(F)c1ccnc(Nc2ccc(N3CCCC3)nc2)n1. The number of hydrogen-bond acceptors (Lipinski definition) is 5. The zero-order valence-corrected chi connectivity index (χ0v) is 11.6. The molecule has 0 atom stereocenters. The zero-order chi connectivity index (χ0) is 15.6. The van der Waals surface area contributed by atoms with Crippen molar-refractivity contribution in [1.82, 2.24) is 15.0 Å². The lowest BCUT2D eigenvalue weighted by Gasteiger charge is -2.16. The van der Waals surface area contributed by atoms with Crippen LogP contribution in [0.3, 0.4) is 0 Å². The molecule has 2 aromatic heterocycles. The summed E-state index contributed by atoms with van der Waals surface area (Å²) in [5, 5.41) is 2.73. The van der Waals surface area contributed by atoms with Gasteiger partial charge in [0.2, 0.25) is 5.95 Å². The highest BCUT2D eigenvalue weighted by Crippen LogP contribution is 2.28. The molecule has 1 fully saturated rings. The molecular formula is C14H14F3N5. The molecule has 0 saturated carbocycles. The molecule has 0 amide bonds. The highest BCUT2D eigenvalue weighted by atomic mass is 19.4. The fourth-order valence-corrected chi connectivity index (χ4v) is 2.30. The number of hydrogen-bond donors (Lipinski definition) is 1.